The summed E-state index contributed by atoms with van der Waals surface area (Å²) in [5.74, 6) is -0.957. The average Bonchev–Trinajstić information content (AvgIpc) is 2.26. The van der Waals surface area contributed by atoms with Gasteiger partial charge in [0, 0.05) is 10.9 Å². The Morgan fingerprint density at radius 3 is 2.00 bits per heavy atom. The summed E-state index contributed by atoms with van der Waals surface area (Å²) in [5, 5.41) is 38.0. The Labute approximate surface area is 118 Å². The summed E-state index contributed by atoms with van der Waals surface area (Å²) in [6.45, 7) is 6.12. The Balaban J connectivity index is 3.05. The van der Waals surface area contributed by atoms with Crippen LogP contribution in [0.4, 0.5) is 4.39 Å². The molecule has 0 bridgehead atoms. The zero-order chi connectivity index (χ0) is 15.7. The van der Waals surface area contributed by atoms with E-state index in [1.807, 2.05) is 0 Å². The van der Waals surface area contributed by atoms with Crippen LogP contribution in [-0.2, 0) is 4.65 Å². The number of hydrogen-bond acceptors (Lipinski definition) is 5. The van der Waals surface area contributed by atoms with Crippen molar-refractivity contribution in [2.24, 2.45) is 0 Å². The minimum Gasteiger partial charge on any atom is -0.423 e. The van der Waals surface area contributed by atoms with Gasteiger partial charge < -0.3 is 24.8 Å². The van der Waals surface area contributed by atoms with E-state index in [0.717, 1.165) is 0 Å². The summed E-state index contributed by atoms with van der Waals surface area (Å²) < 4.78 is 19.3. The van der Waals surface area contributed by atoms with Crippen molar-refractivity contribution in [2.45, 2.75) is 38.9 Å². The number of halogens is 1. The van der Waals surface area contributed by atoms with Crippen molar-refractivity contribution in [3.05, 3.63) is 24.0 Å². The molecule has 5 nitrogen and oxygen atoms in total. The first-order valence-electron chi connectivity index (χ1n) is 6.20. The molecule has 0 aliphatic rings. The lowest BCUT2D eigenvalue weighted by Gasteiger charge is -2.38. The third-order valence-electron chi connectivity index (χ3n) is 3.48. The van der Waals surface area contributed by atoms with Crippen molar-refractivity contribution in [1.82, 2.24) is 0 Å². The van der Waals surface area contributed by atoms with Crippen molar-refractivity contribution < 1.29 is 29.2 Å². The van der Waals surface area contributed by atoms with Crippen molar-refractivity contribution in [3.8, 4) is 0 Å². The van der Waals surface area contributed by atoms with Crippen molar-refractivity contribution in [3.63, 3.8) is 0 Å². The van der Waals surface area contributed by atoms with E-state index in [1.54, 1.807) is 13.8 Å². The molecule has 0 atom stereocenters. The second-order valence-electron chi connectivity index (χ2n) is 5.66. The molecule has 4 N–H and O–H groups in total. The molecule has 0 saturated carbocycles. The third kappa shape index (κ3) is 3.59. The monoisotopic (exact) mass is 284 g/mol. The molecule has 0 saturated heterocycles. The molecule has 0 aliphatic heterocycles. The highest BCUT2D eigenvalue weighted by molar-refractivity contribution is 6.63. The normalized spacial score (nSPS) is 12.4. The molecule has 0 amide bonds. The Bertz CT molecular complexity index is 473. The van der Waals surface area contributed by atoms with Crippen molar-refractivity contribution >= 4 is 25.2 Å². The molecule has 1 rings (SSSR count). The number of rotatable bonds is 5. The molecule has 0 heterocycles. The molecule has 1 aromatic carbocycles. The molecule has 8 heteroatoms. The van der Waals surface area contributed by atoms with Crippen LogP contribution >= 0.6 is 0 Å². The summed E-state index contributed by atoms with van der Waals surface area (Å²) >= 11 is 0. The van der Waals surface area contributed by atoms with Crippen LogP contribution in [0.2, 0.25) is 0 Å². The van der Waals surface area contributed by atoms with Gasteiger partial charge in [0.2, 0.25) is 0 Å². The topological polar surface area (TPSA) is 90.2 Å². The first kappa shape index (κ1) is 17.1. The van der Waals surface area contributed by atoms with E-state index in [4.69, 9.17) is 14.7 Å². The highest BCUT2D eigenvalue weighted by Crippen LogP contribution is 2.25. The van der Waals surface area contributed by atoms with E-state index in [-0.39, 0.29) is 10.9 Å². The molecular formula is C12H19B2FO5. The summed E-state index contributed by atoms with van der Waals surface area (Å²) in [7, 11) is -3.63. The number of benzene rings is 1. The van der Waals surface area contributed by atoms with Crippen LogP contribution in [0.3, 0.4) is 0 Å². The van der Waals surface area contributed by atoms with Crippen molar-refractivity contribution in [1.29, 1.82) is 0 Å². The standard InChI is InChI=1S/C12H19B2FO5/c1-11(2,16)12(3,4)20-14(19)9-7-5-6-8(10(9)15)13(17)18/h5-7,16-19H,1-4H3. The predicted octanol–water partition coefficient (Wildman–Crippen LogP) is -1.24. The van der Waals surface area contributed by atoms with Gasteiger partial charge in [-0.3, -0.25) is 0 Å². The molecule has 0 spiro atoms. The van der Waals surface area contributed by atoms with Gasteiger partial charge in [-0.1, -0.05) is 18.2 Å². The van der Waals surface area contributed by atoms with Crippen LogP contribution in [0.5, 0.6) is 0 Å². The second kappa shape index (κ2) is 5.83. The van der Waals surface area contributed by atoms with Gasteiger partial charge in [-0.15, -0.1) is 0 Å². The fourth-order valence-corrected chi connectivity index (χ4v) is 1.45. The molecule has 110 valence electrons. The average molecular weight is 284 g/mol. The Morgan fingerprint density at radius 1 is 1.05 bits per heavy atom. The molecular weight excluding hydrogens is 265 g/mol. The summed E-state index contributed by atoms with van der Waals surface area (Å²) in [6.07, 6.45) is 0. The van der Waals surface area contributed by atoms with Crippen molar-refractivity contribution in [2.75, 3.05) is 0 Å². The maximum atomic E-state index is 14.0. The van der Waals surface area contributed by atoms with E-state index in [9.17, 15) is 14.5 Å². The fraction of sp³-hybridized carbons (Fsp3) is 0.500. The lowest BCUT2D eigenvalue weighted by atomic mass is 9.71. The quantitative estimate of drug-likeness (QED) is 0.508. The summed E-state index contributed by atoms with van der Waals surface area (Å²) in [5.41, 5.74) is -3.00. The molecule has 0 aromatic heterocycles. The third-order valence-corrected chi connectivity index (χ3v) is 3.48. The molecule has 0 aliphatic carbocycles. The summed E-state index contributed by atoms with van der Waals surface area (Å²) in [6, 6.07) is 3.83. The van der Waals surface area contributed by atoms with E-state index in [2.05, 4.69) is 0 Å². The van der Waals surface area contributed by atoms with Crippen LogP contribution in [0.15, 0.2) is 18.2 Å². The van der Waals surface area contributed by atoms with Crippen LogP contribution in [0, 0.1) is 5.82 Å². The first-order valence-corrected chi connectivity index (χ1v) is 6.20. The lowest BCUT2D eigenvalue weighted by molar-refractivity contribution is -0.0983. The first-order chi connectivity index (χ1) is 8.97. The van der Waals surface area contributed by atoms with Gasteiger partial charge in [0.05, 0.1) is 11.2 Å². The van der Waals surface area contributed by atoms with Gasteiger partial charge in [-0.05, 0) is 27.7 Å². The van der Waals surface area contributed by atoms with Gasteiger partial charge in [-0.25, -0.2) is 4.39 Å². The Morgan fingerprint density at radius 2 is 1.55 bits per heavy atom. The van der Waals surface area contributed by atoms with E-state index in [0.29, 0.717) is 0 Å². The second-order valence-corrected chi connectivity index (χ2v) is 5.66. The zero-order valence-electron chi connectivity index (χ0n) is 12.0. The predicted molar refractivity (Wildman–Crippen MR) is 75.3 cm³/mol. The van der Waals surface area contributed by atoms with Crippen LogP contribution in [-0.4, -0.2) is 45.6 Å². The van der Waals surface area contributed by atoms with E-state index >= 15 is 0 Å². The van der Waals surface area contributed by atoms with Gasteiger partial charge in [0.25, 0.3) is 0 Å². The van der Waals surface area contributed by atoms with Crippen LogP contribution in [0.25, 0.3) is 0 Å². The molecule has 0 radical (unpaired) electrons. The highest BCUT2D eigenvalue weighted by atomic mass is 19.1. The minimum absolute atomic E-state index is 0.229. The lowest BCUT2D eigenvalue weighted by Crippen LogP contribution is -2.54. The SMILES string of the molecule is CC(C)(O)C(C)(C)OB(O)c1cccc(B(O)O)c1F. The van der Waals surface area contributed by atoms with Crippen LogP contribution in [0.1, 0.15) is 27.7 Å². The van der Waals surface area contributed by atoms with Gasteiger partial charge >= 0.3 is 14.2 Å². The maximum absolute atomic E-state index is 14.0. The minimum atomic E-state index is -1.98. The van der Waals surface area contributed by atoms with Gasteiger partial charge in [0.15, 0.2) is 0 Å². The summed E-state index contributed by atoms with van der Waals surface area (Å²) in [4.78, 5) is 0. The number of hydrogen-bond donors (Lipinski definition) is 4. The van der Waals surface area contributed by atoms with E-state index in [1.165, 1.54) is 32.0 Å². The van der Waals surface area contributed by atoms with Gasteiger partial charge in [-0.2, -0.15) is 0 Å². The maximum Gasteiger partial charge on any atom is 0.494 e. The Hall–Kier alpha value is -0.920. The highest BCUT2D eigenvalue weighted by Gasteiger charge is 2.40. The largest absolute Gasteiger partial charge is 0.494 e. The smallest absolute Gasteiger partial charge is 0.423 e. The van der Waals surface area contributed by atoms with Crippen LogP contribution < -0.4 is 10.9 Å². The molecule has 1 aromatic rings. The number of aliphatic hydroxyl groups is 1. The Kier molecular flexibility index (Phi) is 4.99. The zero-order valence-corrected chi connectivity index (χ0v) is 12.0. The molecule has 0 fully saturated rings. The van der Waals surface area contributed by atoms with E-state index < -0.39 is 31.3 Å². The molecule has 0 unspecified atom stereocenters. The van der Waals surface area contributed by atoms with Gasteiger partial charge in [0.1, 0.15) is 5.82 Å². The molecule has 20 heavy (non-hydrogen) atoms. The fourth-order valence-electron chi connectivity index (χ4n) is 1.45.